The highest BCUT2D eigenvalue weighted by molar-refractivity contribution is 7.71. The highest BCUT2D eigenvalue weighted by Gasteiger charge is 2.27. The molecule has 0 bridgehead atoms. The summed E-state index contributed by atoms with van der Waals surface area (Å²) in [6, 6.07) is 4.94. The van der Waals surface area contributed by atoms with Crippen LogP contribution in [0.1, 0.15) is 74.5 Å². The van der Waals surface area contributed by atoms with Crippen molar-refractivity contribution in [1.29, 1.82) is 0 Å². The number of aromatic nitrogens is 3. The van der Waals surface area contributed by atoms with Crippen molar-refractivity contribution in [3.63, 3.8) is 0 Å². The fourth-order valence-electron chi connectivity index (χ4n) is 4.88. The van der Waals surface area contributed by atoms with Crippen molar-refractivity contribution < 1.29 is 9.53 Å². The minimum atomic E-state index is -0.137. The van der Waals surface area contributed by atoms with Crippen LogP contribution in [0.5, 0.6) is 0 Å². The first-order valence-corrected chi connectivity index (χ1v) is 12.5. The normalized spacial score (nSPS) is 21.0. The average molecular weight is 449 g/mol. The zero-order chi connectivity index (χ0) is 20.9. The van der Waals surface area contributed by atoms with Crippen LogP contribution in [0.2, 0.25) is 0 Å². The monoisotopic (exact) mass is 448 g/mol. The number of piperidine rings is 1. The average Bonchev–Trinajstić information content (AvgIpc) is 3.38. The Balaban J connectivity index is 1.59. The molecule has 3 heterocycles. The summed E-state index contributed by atoms with van der Waals surface area (Å²) in [6.45, 7) is 1.62. The van der Waals surface area contributed by atoms with Crippen LogP contribution < -0.4 is 0 Å². The van der Waals surface area contributed by atoms with Crippen LogP contribution in [0.3, 0.4) is 0 Å². The van der Waals surface area contributed by atoms with Gasteiger partial charge in [0.25, 0.3) is 0 Å². The van der Waals surface area contributed by atoms with Gasteiger partial charge in [-0.05, 0) is 49.3 Å². The molecule has 1 saturated carbocycles. The van der Waals surface area contributed by atoms with Crippen LogP contribution in [0.15, 0.2) is 17.5 Å². The van der Waals surface area contributed by atoms with Gasteiger partial charge < -0.3 is 9.30 Å². The molecule has 2 aromatic heterocycles. The number of thiophene rings is 1. The highest BCUT2D eigenvalue weighted by atomic mass is 32.1. The predicted molar refractivity (Wildman–Crippen MR) is 121 cm³/mol. The fraction of sp³-hybridized carbons (Fsp3) is 0.682. The fourth-order valence-corrected chi connectivity index (χ4v) is 5.93. The van der Waals surface area contributed by atoms with Crippen molar-refractivity contribution in [3.8, 4) is 0 Å². The first-order chi connectivity index (χ1) is 14.7. The Morgan fingerprint density at radius 3 is 2.77 bits per heavy atom. The number of nitrogens with zero attached hydrogens (tertiary/aromatic N) is 4. The molecule has 0 N–H and O–H groups in total. The number of likely N-dealkylation sites (tertiary alicyclic amines) is 1. The number of carbonyl (C=O) groups is 1. The van der Waals surface area contributed by atoms with E-state index in [9.17, 15) is 4.79 Å². The minimum Gasteiger partial charge on any atom is -0.469 e. The van der Waals surface area contributed by atoms with E-state index in [1.165, 1.54) is 44.1 Å². The van der Waals surface area contributed by atoms with Crippen LogP contribution in [-0.2, 0) is 22.6 Å². The van der Waals surface area contributed by atoms with Gasteiger partial charge in [0, 0.05) is 29.9 Å². The number of methoxy groups -OCH3 is 1. The van der Waals surface area contributed by atoms with Crippen LogP contribution >= 0.6 is 23.6 Å². The summed E-state index contributed by atoms with van der Waals surface area (Å²) in [5.41, 5.74) is 0. The molecule has 4 rings (SSSR count). The molecule has 0 amide bonds. The molecule has 0 aromatic carbocycles. The van der Waals surface area contributed by atoms with Gasteiger partial charge in [-0.25, -0.2) is 4.68 Å². The van der Waals surface area contributed by atoms with E-state index in [-0.39, 0.29) is 12.0 Å². The number of carbonyl (C=O) groups excluding carboxylic acids is 1. The molecule has 2 fully saturated rings. The van der Waals surface area contributed by atoms with E-state index in [2.05, 4.69) is 27.0 Å². The number of esters is 1. The van der Waals surface area contributed by atoms with Crippen molar-refractivity contribution in [2.45, 2.75) is 83.0 Å². The molecule has 0 unspecified atom stereocenters. The third-order valence-electron chi connectivity index (χ3n) is 6.49. The van der Waals surface area contributed by atoms with E-state index in [1.807, 2.05) is 4.68 Å². The Hall–Kier alpha value is -1.51. The Bertz CT molecular complexity index is 884. The summed E-state index contributed by atoms with van der Waals surface area (Å²) < 4.78 is 10.1. The molecule has 2 aromatic rings. The molecule has 0 spiro atoms. The molecule has 164 valence electrons. The van der Waals surface area contributed by atoms with Crippen LogP contribution in [0.25, 0.3) is 0 Å². The van der Waals surface area contributed by atoms with Crippen molar-refractivity contribution in [1.82, 2.24) is 19.2 Å². The van der Waals surface area contributed by atoms with Crippen LogP contribution in [0.4, 0.5) is 0 Å². The lowest BCUT2D eigenvalue weighted by atomic mass is 9.95. The first-order valence-electron chi connectivity index (χ1n) is 11.2. The molecule has 8 heteroatoms. The van der Waals surface area contributed by atoms with Crippen molar-refractivity contribution in [2.24, 2.45) is 0 Å². The summed E-state index contributed by atoms with van der Waals surface area (Å²) in [6.07, 6.45) is 10.8. The van der Waals surface area contributed by atoms with E-state index in [4.69, 9.17) is 22.1 Å². The van der Waals surface area contributed by atoms with Gasteiger partial charge >= 0.3 is 5.97 Å². The molecule has 1 saturated heterocycles. The molecule has 1 aliphatic carbocycles. The lowest BCUT2D eigenvalue weighted by Crippen LogP contribution is -2.42. The molecule has 0 radical (unpaired) electrons. The van der Waals surface area contributed by atoms with Gasteiger partial charge in [0.15, 0.2) is 4.77 Å². The molecule has 1 aliphatic heterocycles. The lowest BCUT2D eigenvalue weighted by Gasteiger charge is -2.34. The van der Waals surface area contributed by atoms with Gasteiger partial charge in [0.1, 0.15) is 5.82 Å². The zero-order valence-corrected chi connectivity index (χ0v) is 19.4. The largest absolute Gasteiger partial charge is 0.469 e. The maximum absolute atomic E-state index is 11.9. The highest BCUT2D eigenvalue weighted by Crippen LogP contribution is 2.31. The van der Waals surface area contributed by atoms with E-state index < -0.39 is 0 Å². The van der Waals surface area contributed by atoms with E-state index in [0.29, 0.717) is 19.1 Å². The third kappa shape index (κ3) is 5.03. The Morgan fingerprint density at radius 1 is 1.23 bits per heavy atom. The zero-order valence-electron chi connectivity index (χ0n) is 17.8. The van der Waals surface area contributed by atoms with Crippen molar-refractivity contribution in [2.75, 3.05) is 13.7 Å². The van der Waals surface area contributed by atoms with Gasteiger partial charge in [0.05, 0.1) is 20.2 Å². The molecular weight excluding hydrogens is 416 g/mol. The van der Waals surface area contributed by atoms with Gasteiger partial charge in [-0.15, -0.1) is 11.3 Å². The Kier molecular flexibility index (Phi) is 7.38. The Labute approximate surface area is 187 Å². The minimum absolute atomic E-state index is 0.137. The maximum Gasteiger partial charge on any atom is 0.307 e. The van der Waals surface area contributed by atoms with E-state index in [1.54, 1.807) is 11.3 Å². The number of rotatable bonds is 7. The summed E-state index contributed by atoms with van der Waals surface area (Å²) in [5.74, 6) is 0.942. The topological polar surface area (TPSA) is 52.3 Å². The quantitative estimate of drug-likeness (QED) is 0.443. The summed E-state index contributed by atoms with van der Waals surface area (Å²) in [7, 11) is 1.47. The molecule has 2 aliphatic rings. The van der Waals surface area contributed by atoms with Gasteiger partial charge in [-0.1, -0.05) is 31.7 Å². The summed E-state index contributed by atoms with van der Waals surface area (Å²) in [4.78, 5) is 15.6. The van der Waals surface area contributed by atoms with Crippen molar-refractivity contribution >= 4 is 29.5 Å². The van der Waals surface area contributed by atoms with Gasteiger partial charge in [-0.3, -0.25) is 9.69 Å². The van der Waals surface area contributed by atoms with E-state index >= 15 is 0 Å². The van der Waals surface area contributed by atoms with Crippen LogP contribution in [-0.4, -0.2) is 44.9 Å². The lowest BCUT2D eigenvalue weighted by molar-refractivity contribution is -0.142. The second-order valence-corrected chi connectivity index (χ2v) is 9.90. The summed E-state index contributed by atoms with van der Waals surface area (Å²) >= 11 is 7.73. The Morgan fingerprint density at radius 2 is 2.03 bits per heavy atom. The molecule has 1 atom stereocenters. The van der Waals surface area contributed by atoms with Gasteiger partial charge in [-0.2, -0.15) is 5.10 Å². The molecule has 30 heavy (non-hydrogen) atoms. The third-order valence-corrected chi connectivity index (χ3v) is 7.77. The predicted octanol–water partition coefficient (Wildman–Crippen LogP) is 4.95. The standard InChI is InChI=1S/C22H32N4O2S2/c1-28-21(27)14-18-10-5-6-12-24(18)16-25-22(29)26(17-8-3-2-4-9-17)20(23-25)15-19-11-7-13-30-19/h7,11,13,17-18H,2-6,8-10,12,14-16H2,1H3/t18-/m1/s1. The van der Waals surface area contributed by atoms with E-state index in [0.717, 1.165) is 42.8 Å². The molecular formula is C22H32N4O2S2. The van der Waals surface area contributed by atoms with Gasteiger partial charge in [0.2, 0.25) is 0 Å². The number of hydrogen-bond acceptors (Lipinski definition) is 6. The molecule has 6 nitrogen and oxygen atoms in total. The second-order valence-electron chi connectivity index (χ2n) is 8.50. The summed E-state index contributed by atoms with van der Waals surface area (Å²) in [5, 5.41) is 7.13. The van der Waals surface area contributed by atoms with Crippen molar-refractivity contribution in [3.05, 3.63) is 33.0 Å². The second kappa shape index (κ2) is 10.2. The smallest absolute Gasteiger partial charge is 0.307 e. The first kappa shape index (κ1) is 21.7. The van der Waals surface area contributed by atoms with Crippen LogP contribution in [0, 0.1) is 4.77 Å². The SMILES string of the molecule is COC(=O)C[C@H]1CCCCN1Cn1nc(Cc2cccs2)n(C2CCCCC2)c1=S. The maximum atomic E-state index is 11.9. The number of ether oxygens (including phenoxy) is 1. The number of hydrogen-bond donors (Lipinski definition) is 0.